The van der Waals surface area contributed by atoms with Crippen molar-refractivity contribution in [3.8, 4) is 0 Å². The molecule has 2 N–H and O–H groups in total. The van der Waals surface area contributed by atoms with Crippen molar-refractivity contribution in [3.05, 3.63) is 47.8 Å². The molecule has 1 heterocycles. The van der Waals surface area contributed by atoms with Crippen molar-refractivity contribution in [1.82, 2.24) is 10.9 Å². The summed E-state index contributed by atoms with van der Waals surface area (Å²) in [7, 11) is 0. The number of hydrogen-bond donors (Lipinski definition) is 2. The molecule has 2 unspecified atom stereocenters. The van der Waals surface area contributed by atoms with Crippen LogP contribution in [0.3, 0.4) is 0 Å². The monoisotopic (exact) mass is 234 g/mol. The SMILES string of the molecule is CC(=O)/C=C/C1CNNC1c1ccc(F)cc1. The molecule has 1 aromatic rings. The number of rotatable bonds is 3. The zero-order valence-corrected chi connectivity index (χ0v) is 9.61. The summed E-state index contributed by atoms with van der Waals surface area (Å²) in [6, 6.07) is 6.48. The second kappa shape index (κ2) is 5.21. The number of carbonyl (C=O) groups is 1. The Labute approximate surface area is 99.7 Å². The van der Waals surface area contributed by atoms with Crippen LogP contribution in [0.2, 0.25) is 0 Å². The minimum absolute atomic E-state index is 0.0368. The largest absolute Gasteiger partial charge is 0.295 e. The van der Waals surface area contributed by atoms with Crippen LogP contribution in [0.5, 0.6) is 0 Å². The third-order valence-electron chi connectivity index (χ3n) is 2.83. The zero-order valence-electron chi connectivity index (χ0n) is 9.61. The van der Waals surface area contributed by atoms with E-state index in [-0.39, 0.29) is 23.6 Å². The van der Waals surface area contributed by atoms with E-state index in [0.717, 1.165) is 12.1 Å². The third-order valence-corrected chi connectivity index (χ3v) is 2.83. The van der Waals surface area contributed by atoms with Crippen LogP contribution >= 0.6 is 0 Å². The Bertz CT molecular complexity index is 428. The molecule has 3 nitrogen and oxygen atoms in total. The molecule has 1 saturated heterocycles. The molecule has 0 spiro atoms. The summed E-state index contributed by atoms with van der Waals surface area (Å²) in [6.45, 7) is 2.28. The predicted molar refractivity (Wildman–Crippen MR) is 63.6 cm³/mol. The molecule has 17 heavy (non-hydrogen) atoms. The van der Waals surface area contributed by atoms with Crippen molar-refractivity contribution in [3.63, 3.8) is 0 Å². The highest BCUT2D eigenvalue weighted by Gasteiger charge is 2.25. The molecular weight excluding hydrogens is 219 g/mol. The lowest BCUT2D eigenvalue weighted by Crippen LogP contribution is -2.24. The first-order valence-electron chi connectivity index (χ1n) is 5.59. The second-order valence-corrected chi connectivity index (χ2v) is 4.19. The van der Waals surface area contributed by atoms with Crippen molar-refractivity contribution >= 4 is 5.78 Å². The molecule has 1 fully saturated rings. The van der Waals surface area contributed by atoms with Gasteiger partial charge in [0, 0.05) is 12.5 Å². The van der Waals surface area contributed by atoms with Gasteiger partial charge in [-0.15, -0.1) is 0 Å². The minimum atomic E-state index is -0.240. The Morgan fingerprint density at radius 2 is 2.12 bits per heavy atom. The lowest BCUT2D eigenvalue weighted by molar-refractivity contribution is -0.112. The van der Waals surface area contributed by atoms with Gasteiger partial charge in [-0.05, 0) is 30.7 Å². The molecule has 0 radical (unpaired) electrons. The van der Waals surface area contributed by atoms with E-state index >= 15 is 0 Å². The highest BCUT2D eigenvalue weighted by atomic mass is 19.1. The number of ketones is 1. The molecule has 0 aliphatic carbocycles. The van der Waals surface area contributed by atoms with E-state index in [1.165, 1.54) is 19.1 Å². The fourth-order valence-corrected chi connectivity index (χ4v) is 1.95. The normalized spacial score (nSPS) is 24.4. The lowest BCUT2D eigenvalue weighted by Gasteiger charge is -2.15. The Morgan fingerprint density at radius 1 is 1.41 bits per heavy atom. The number of nitrogens with one attached hydrogen (secondary N) is 2. The van der Waals surface area contributed by atoms with E-state index in [2.05, 4.69) is 10.9 Å². The van der Waals surface area contributed by atoms with Gasteiger partial charge >= 0.3 is 0 Å². The van der Waals surface area contributed by atoms with Crippen LogP contribution in [0.1, 0.15) is 18.5 Å². The van der Waals surface area contributed by atoms with Gasteiger partial charge in [-0.3, -0.25) is 10.2 Å². The van der Waals surface area contributed by atoms with E-state index in [1.54, 1.807) is 18.2 Å². The Kier molecular flexibility index (Phi) is 3.66. The van der Waals surface area contributed by atoms with Gasteiger partial charge in [0.1, 0.15) is 5.82 Å². The Morgan fingerprint density at radius 3 is 2.76 bits per heavy atom. The van der Waals surface area contributed by atoms with Crippen molar-refractivity contribution in [2.45, 2.75) is 13.0 Å². The van der Waals surface area contributed by atoms with Crippen LogP contribution in [0.4, 0.5) is 4.39 Å². The van der Waals surface area contributed by atoms with Crippen LogP contribution < -0.4 is 10.9 Å². The third kappa shape index (κ3) is 2.99. The van der Waals surface area contributed by atoms with E-state index in [4.69, 9.17) is 0 Å². The average molecular weight is 234 g/mol. The quantitative estimate of drug-likeness (QED) is 0.783. The summed E-state index contributed by atoms with van der Waals surface area (Å²) in [6.07, 6.45) is 3.47. The van der Waals surface area contributed by atoms with Crippen LogP contribution in [-0.2, 0) is 4.79 Å². The van der Waals surface area contributed by atoms with Gasteiger partial charge in [-0.1, -0.05) is 18.2 Å². The highest BCUT2D eigenvalue weighted by Crippen LogP contribution is 2.25. The maximum atomic E-state index is 12.8. The number of allylic oxidation sites excluding steroid dienone is 1. The smallest absolute Gasteiger partial charge is 0.152 e. The van der Waals surface area contributed by atoms with Gasteiger partial charge in [0.2, 0.25) is 0 Å². The first-order chi connectivity index (χ1) is 8.16. The first-order valence-corrected chi connectivity index (χ1v) is 5.59. The predicted octanol–water partition coefficient (Wildman–Crippen LogP) is 1.74. The van der Waals surface area contributed by atoms with E-state index in [9.17, 15) is 9.18 Å². The topological polar surface area (TPSA) is 41.1 Å². The van der Waals surface area contributed by atoms with Crippen LogP contribution in [-0.4, -0.2) is 12.3 Å². The van der Waals surface area contributed by atoms with Gasteiger partial charge < -0.3 is 0 Å². The molecule has 2 rings (SSSR count). The number of benzene rings is 1. The minimum Gasteiger partial charge on any atom is -0.295 e. The van der Waals surface area contributed by atoms with Gasteiger partial charge in [-0.2, -0.15) is 0 Å². The molecule has 4 heteroatoms. The number of hydrogen-bond acceptors (Lipinski definition) is 3. The van der Waals surface area contributed by atoms with Crippen LogP contribution in [0.15, 0.2) is 36.4 Å². The molecule has 0 aromatic heterocycles. The summed E-state index contributed by atoms with van der Waals surface area (Å²) in [5.74, 6) is -0.00495. The van der Waals surface area contributed by atoms with Gasteiger partial charge in [0.15, 0.2) is 5.78 Å². The summed E-state index contributed by atoms with van der Waals surface area (Å²) in [4.78, 5) is 10.9. The van der Waals surface area contributed by atoms with E-state index in [1.807, 2.05) is 6.08 Å². The maximum Gasteiger partial charge on any atom is 0.152 e. The molecule has 1 aliphatic heterocycles. The summed E-state index contributed by atoms with van der Waals surface area (Å²) in [5, 5.41) is 0. The zero-order chi connectivity index (χ0) is 12.3. The molecule has 90 valence electrons. The molecule has 2 atom stereocenters. The Hall–Kier alpha value is -1.52. The molecule has 0 amide bonds. The van der Waals surface area contributed by atoms with E-state index in [0.29, 0.717) is 0 Å². The summed E-state index contributed by atoms with van der Waals surface area (Å²) < 4.78 is 12.8. The standard InChI is InChI=1S/C13H15FN2O/c1-9(17)2-3-11-8-15-16-13(11)10-4-6-12(14)7-5-10/h2-7,11,13,15-16H,8H2,1H3/b3-2+. The van der Waals surface area contributed by atoms with Crippen molar-refractivity contribution < 1.29 is 9.18 Å². The van der Waals surface area contributed by atoms with Gasteiger partial charge in [0.25, 0.3) is 0 Å². The van der Waals surface area contributed by atoms with Gasteiger partial charge in [-0.25, -0.2) is 9.82 Å². The summed E-state index contributed by atoms with van der Waals surface area (Å²) in [5.41, 5.74) is 7.19. The first kappa shape index (κ1) is 12.0. The maximum absolute atomic E-state index is 12.8. The lowest BCUT2D eigenvalue weighted by atomic mass is 9.94. The van der Waals surface area contributed by atoms with Crippen LogP contribution in [0, 0.1) is 11.7 Å². The van der Waals surface area contributed by atoms with Crippen molar-refractivity contribution in [2.75, 3.05) is 6.54 Å². The fourth-order valence-electron chi connectivity index (χ4n) is 1.95. The number of halogens is 1. The number of carbonyl (C=O) groups excluding carboxylic acids is 1. The summed E-state index contributed by atoms with van der Waals surface area (Å²) >= 11 is 0. The van der Waals surface area contributed by atoms with Gasteiger partial charge in [0.05, 0.1) is 6.04 Å². The Balaban J connectivity index is 2.14. The van der Waals surface area contributed by atoms with E-state index < -0.39 is 0 Å². The average Bonchev–Trinajstić information content (AvgIpc) is 2.75. The molecule has 0 bridgehead atoms. The highest BCUT2D eigenvalue weighted by molar-refractivity contribution is 5.87. The second-order valence-electron chi connectivity index (χ2n) is 4.19. The van der Waals surface area contributed by atoms with Crippen molar-refractivity contribution in [1.29, 1.82) is 0 Å². The molecular formula is C13H15FN2O. The fraction of sp³-hybridized carbons (Fsp3) is 0.308. The van der Waals surface area contributed by atoms with Crippen molar-refractivity contribution in [2.24, 2.45) is 5.92 Å². The molecule has 1 aromatic carbocycles. The van der Waals surface area contributed by atoms with Crippen LogP contribution in [0.25, 0.3) is 0 Å². The number of hydrazine groups is 1. The molecule has 1 aliphatic rings. The molecule has 0 saturated carbocycles.